The van der Waals surface area contributed by atoms with Gasteiger partial charge in [0.25, 0.3) is 0 Å². The van der Waals surface area contributed by atoms with Crippen LogP contribution in [0.4, 0.5) is 0 Å². The molecule has 0 spiro atoms. The molecule has 0 aliphatic rings. The van der Waals surface area contributed by atoms with E-state index >= 15 is 0 Å². The summed E-state index contributed by atoms with van der Waals surface area (Å²) in [7, 11) is -3.66. The van der Waals surface area contributed by atoms with E-state index in [1.807, 2.05) is 0 Å². The molecule has 0 bridgehead atoms. The summed E-state index contributed by atoms with van der Waals surface area (Å²) in [5, 5.41) is 9.05. The minimum absolute atomic E-state index is 0.148. The molecule has 0 aliphatic heterocycles. The number of carboxylic acids is 1. The number of rotatable bonds is 5. The summed E-state index contributed by atoms with van der Waals surface area (Å²) in [4.78, 5) is 14.9. The third-order valence-corrected chi connectivity index (χ3v) is 4.72. The number of hydrogen-bond acceptors (Lipinski definition) is 4. The van der Waals surface area contributed by atoms with Gasteiger partial charge in [-0.05, 0) is 19.1 Å². The summed E-state index contributed by atoms with van der Waals surface area (Å²) < 4.78 is 26.2. The highest BCUT2D eigenvalue weighted by molar-refractivity contribution is 7.91. The smallest absolute Gasteiger partial charge is 0.337 e. The van der Waals surface area contributed by atoms with Gasteiger partial charge in [0.2, 0.25) is 0 Å². The molecule has 0 atom stereocenters. The molecule has 0 radical (unpaired) electrons. The molecule has 1 heterocycles. The van der Waals surface area contributed by atoms with Gasteiger partial charge < -0.3 is 9.67 Å². The Morgan fingerprint density at radius 2 is 2.05 bits per heavy atom. The summed E-state index contributed by atoms with van der Waals surface area (Å²) in [6, 6.07) is 5.63. The summed E-state index contributed by atoms with van der Waals surface area (Å²) in [5.41, 5.74) is -0.199. The van der Waals surface area contributed by atoms with Gasteiger partial charge in [-0.1, -0.05) is 12.1 Å². The second-order valence-corrected chi connectivity index (χ2v) is 6.37. The molecule has 1 aromatic carbocycles. The molecule has 0 amide bonds. The number of benzene rings is 1. The van der Waals surface area contributed by atoms with E-state index in [-0.39, 0.29) is 22.8 Å². The lowest BCUT2D eigenvalue weighted by atomic mass is 10.2. The summed E-state index contributed by atoms with van der Waals surface area (Å²) in [6.45, 7) is 2.01. The molecular formula is C13H14N2O4S. The number of imidazole rings is 1. The van der Waals surface area contributed by atoms with Crippen LogP contribution in [0.1, 0.15) is 16.2 Å². The van der Waals surface area contributed by atoms with Crippen molar-refractivity contribution >= 4 is 15.8 Å². The maximum Gasteiger partial charge on any atom is 0.337 e. The molecule has 106 valence electrons. The van der Waals surface area contributed by atoms with Crippen LogP contribution in [0.5, 0.6) is 0 Å². The number of hydrogen-bond donors (Lipinski definition) is 1. The third-order valence-electron chi connectivity index (χ3n) is 2.98. The Morgan fingerprint density at radius 3 is 2.65 bits per heavy atom. The molecule has 1 aromatic heterocycles. The predicted octanol–water partition coefficient (Wildman–Crippen LogP) is 1.36. The zero-order valence-electron chi connectivity index (χ0n) is 10.9. The van der Waals surface area contributed by atoms with Crippen molar-refractivity contribution in [3.05, 3.63) is 48.0 Å². The van der Waals surface area contributed by atoms with E-state index in [4.69, 9.17) is 5.11 Å². The standard InChI is InChI=1S/C13H14N2O4S/c1-10-14-6-7-15(10)8-9-20(18,19)12-5-3-2-4-11(12)13(16)17/h2-7H,8-9H2,1H3,(H,16,17). The van der Waals surface area contributed by atoms with E-state index in [0.717, 1.165) is 0 Å². The molecule has 1 N–H and O–H groups in total. The summed E-state index contributed by atoms with van der Waals surface area (Å²) >= 11 is 0. The Morgan fingerprint density at radius 1 is 1.35 bits per heavy atom. The molecule has 0 aliphatic carbocycles. The van der Waals surface area contributed by atoms with E-state index in [2.05, 4.69) is 4.98 Å². The molecular weight excluding hydrogens is 280 g/mol. The van der Waals surface area contributed by atoms with Crippen molar-refractivity contribution in [3.8, 4) is 0 Å². The first-order chi connectivity index (χ1) is 9.42. The fourth-order valence-electron chi connectivity index (χ4n) is 1.88. The zero-order chi connectivity index (χ0) is 14.8. The van der Waals surface area contributed by atoms with Crippen molar-refractivity contribution in [1.82, 2.24) is 9.55 Å². The number of aryl methyl sites for hydroxylation is 2. The van der Waals surface area contributed by atoms with E-state index in [0.29, 0.717) is 5.82 Å². The van der Waals surface area contributed by atoms with Crippen LogP contribution in [0.25, 0.3) is 0 Å². The SMILES string of the molecule is Cc1nccn1CCS(=O)(=O)c1ccccc1C(=O)O. The van der Waals surface area contributed by atoms with Crippen LogP contribution in [0, 0.1) is 6.92 Å². The third kappa shape index (κ3) is 2.88. The second-order valence-electron chi connectivity index (χ2n) is 4.29. The minimum atomic E-state index is -3.66. The highest BCUT2D eigenvalue weighted by Crippen LogP contribution is 2.17. The zero-order valence-corrected chi connectivity index (χ0v) is 11.7. The lowest BCUT2D eigenvalue weighted by Crippen LogP contribution is -2.16. The molecule has 0 saturated heterocycles. The van der Waals surface area contributed by atoms with Crippen molar-refractivity contribution in [3.63, 3.8) is 0 Å². The summed E-state index contributed by atoms with van der Waals surface area (Å²) in [6.07, 6.45) is 3.28. The van der Waals surface area contributed by atoms with Crippen molar-refractivity contribution < 1.29 is 18.3 Å². The Kier molecular flexibility index (Phi) is 3.89. The Hall–Kier alpha value is -2.15. The van der Waals surface area contributed by atoms with Crippen LogP contribution >= 0.6 is 0 Å². The average molecular weight is 294 g/mol. The van der Waals surface area contributed by atoms with Crippen molar-refractivity contribution in [2.45, 2.75) is 18.4 Å². The highest BCUT2D eigenvalue weighted by Gasteiger charge is 2.21. The van der Waals surface area contributed by atoms with Gasteiger partial charge in [0.1, 0.15) is 5.82 Å². The van der Waals surface area contributed by atoms with Gasteiger partial charge in [-0.25, -0.2) is 18.2 Å². The first-order valence-electron chi connectivity index (χ1n) is 5.94. The summed E-state index contributed by atoms with van der Waals surface area (Å²) in [5.74, 6) is -0.705. The molecule has 20 heavy (non-hydrogen) atoms. The fourth-order valence-corrected chi connectivity index (χ4v) is 3.32. The Balaban J connectivity index is 2.27. The van der Waals surface area contributed by atoms with Crippen LogP contribution in [-0.4, -0.2) is 34.8 Å². The maximum atomic E-state index is 12.3. The van der Waals surface area contributed by atoms with Crippen LogP contribution in [0.15, 0.2) is 41.6 Å². The van der Waals surface area contributed by atoms with Gasteiger partial charge >= 0.3 is 5.97 Å². The molecule has 2 rings (SSSR count). The van der Waals surface area contributed by atoms with Gasteiger partial charge in [-0.2, -0.15) is 0 Å². The number of carboxylic acid groups (broad SMARTS) is 1. The quantitative estimate of drug-likeness (QED) is 0.899. The topological polar surface area (TPSA) is 89.3 Å². The number of sulfone groups is 1. The van der Waals surface area contributed by atoms with E-state index in [1.165, 1.54) is 24.3 Å². The average Bonchev–Trinajstić information content (AvgIpc) is 2.82. The number of carbonyl (C=O) groups is 1. The van der Waals surface area contributed by atoms with Crippen LogP contribution in [0.2, 0.25) is 0 Å². The Bertz CT molecular complexity index is 734. The molecule has 0 saturated carbocycles. The van der Waals surface area contributed by atoms with Crippen LogP contribution in [-0.2, 0) is 16.4 Å². The van der Waals surface area contributed by atoms with Gasteiger partial charge in [0.15, 0.2) is 9.84 Å². The number of aromatic nitrogens is 2. The minimum Gasteiger partial charge on any atom is -0.478 e. The highest BCUT2D eigenvalue weighted by atomic mass is 32.2. The van der Waals surface area contributed by atoms with Gasteiger partial charge in [0.05, 0.1) is 16.2 Å². The molecule has 0 unspecified atom stereocenters. The molecule has 6 nitrogen and oxygen atoms in total. The first-order valence-corrected chi connectivity index (χ1v) is 7.60. The van der Waals surface area contributed by atoms with Crippen LogP contribution < -0.4 is 0 Å². The lowest BCUT2D eigenvalue weighted by Gasteiger charge is -2.09. The van der Waals surface area contributed by atoms with Crippen molar-refractivity contribution in [2.24, 2.45) is 0 Å². The van der Waals surface area contributed by atoms with Gasteiger partial charge in [-0.15, -0.1) is 0 Å². The number of nitrogens with zero attached hydrogens (tertiary/aromatic N) is 2. The number of aromatic carboxylic acids is 1. The first kappa shape index (κ1) is 14.3. The molecule has 2 aromatic rings. The second kappa shape index (κ2) is 5.46. The fraction of sp³-hybridized carbons (Fsp3) is 0.231. The van der Waals surface area contributed by atoms with E-state index in [9.17, 15) is 13.2 Å². The Labute approximate surface area is 116 Å². The maximum absolute atomic E-state index is 12.3. The largest absolute Gasteiger partial charge is 0.478 e. The van der Waals surface area contributed by atoms with Crippen LogP contribution in [0.3, 0.4) is 0 Å². The van der Waals surface area contributed by atoms with Crippen molar-refractivity contribution in [2.75, 3.05) is 5.75 Å². The monoisotopic (exact) mass is 294 g/mol. The van der Waals surface area contributed by atoms with Gasteiger partial charge in [-0.3, -0.25) is 0 Å². The van der Waals surface area contributed by atoms with E-state index in [1.54, 1.807) is 23.9 Å². The normalized spacial score (nSPS) is 11.4. The van der Waals surface area contributed by atoms with E-state index < -0.39 is 15.8 Å². The lowest BCUT2D eigenvalue weighted by molar-refractivity contribution is 0.0692. The predicted molar refractivity (Wildman–Crippen MR) is 72.4 cm³/mol. The van der Waals surface area contributed by atoms with Gasteiger partial charge in [0, 0.05) is 18.9 Å². The molecule has 7 heteroatoms. The van der Waals surface area contributed by atoms with Crippen molar-refractivity contribution in [1.29, 1.82) is 0 Å². The molecule has 0 fully saturated rings.